The van der Waals surface area contributed by atoms with Crippen LogP contribution in [0.15, 0.2) is 290 Å². The minimum Gasteiger partial charge on any atom is -0.310 e. The molecule has 0 atom stereocenters. The van der Waals surface area contributed by atoms with Crippen molar-refractivity contribution < 1.29 is 0 Å². The molecule has 372 valence electrons. The lowest BCUT2D eigenvalue weighted by atomic mass is 9.84. The molecule has 0 aliphatic carbocycles. The van der Waals surface area contributed by atoms with E-state index in [9.17, 15) is 0 Å². The fourth-order valence-electron chi connectivity index (χ4n) is 11.7. The highest BCUT2D eigenvalue weighted by atomic mass is 32.2. The molecule has 0 aliphatic heterocycles. The molecule has 3 heteroatoms. The van der Waals surface area contributed by atoms with Crippen molar-refractivity contribution in [2.24, 2.45) is 0 Å². The van der Waals surface area contributed by atoms with Crippen molar-refractivity contribution in [1.82, 2.24) is 0 Å². The number of thioether (sulfide) groups is 1. The number of fused-ring (bicyclic) bond motifs is 6. The van der Waals surface area contributed by atoms with Crippen molar-refractivity contribution in [2.75, 3.05) is 16.1 Å². The summed E-state index contributed by atoms with van der Waals surface area (Å²) in [6, 6.07) is 105. The van der Waals surface area contributed by atoms with Gasteiger partial charge < -0.3 is 9.80 Å². The van der Waals surface area contributed by atoms with Crippen LogP contribution in [0.1, 0.15) is 13.8 Å². The van der Waals surface area contributed by atoms with Crippen LogP contribution in [-0.4, -0.2) is 6.26 Å². The molecule has 0 bridgehead atoms. The van der Waals surface area contributed by atoms with Gasteiger partial charge in [0, 0.05) is 38.4 Å². The molecular formula is C75H56N2S. The molecule has 78 heavy (non-hydrogen) atoms. The highest BCUT2D eigenvalue weighted by Crippen LogP contribution is 2.50. The van der Waals surface area contributed by atoms with E-state index in [0.717, 1.165) is 39.7 Å². The van der Waals surface area contributed by atoms with Crippen LogP contribution in [-0.2, 0) is 0 Å². The molecule has 0 fully saturated rings. The van der Waals surface area contributed by atoms with Crippen molar-refractivity contribution in [3.8, 4) is 33.4 Å². The molecule has 0 spiro atoms. The van der Waals surface area contributed by atoms with Gasteiger partial charge in [0.1, 0.15) is 0 Å². The third kappa shape index (κ3) is 8.69. The summed E-state index contributed by atoms with van der Waals surface area (Å²) < 4.78 is 0. The minimum atomic E-state index is 1.08. The molecule has 0 aliphatic rings. The Morgan fingerprint density at radius 2 is 0.679 bits per heavy atom. The summed E-state index contributed by atoms with van der Waals surface area (Å²) >= 11 is 1.76. The van der Waals surface area contributed by atoms with Crippen molar-refractivity contribution in [3.05, 3.63) is 285 Å². The van der Waals surface area contributed by atoms with Crippen molar-refractivity contribution in [1.29, 1.82) is 0 Å². The molecule has 14 aromatic rings. The first-order chi connectivity index (χ1) is 38.6. The Labute approximate surface area is 461 Å². The van der Waals surface area contributed by atoms with Crippen LogP contribution >= 0.6 is 11.8 Å². The molecule has 2 nitrogen and oxygen atoms in total. The third-order valence-electron chi connectivity index (χ3n) is 15.3. The predicted octanol–water partition coefficient (Wildman–Crippen LogP) is 22.3. The zero-order chi connectivity index (χ0) is 52.5. The Morgan fingerprint density at radius 1 is 0.256 bits per heavy atom. The van der Waals surface area contributed by atoms with E-state index >= 15 is 0 Å². The molecule has 0 N–H and O–H groups in total. The molecule has 0 unspecified atom stereocenters. The topological polar surface area (TPSA) is 6.48 Å². The lowest BCUT2D eigenvalue weighted by molar-refractivity contribution is 1.29. The van der Waals surface area contributed by atoms with E-state index in [1.54, 1.807) is 11.8 Å². The second kappa shape index (κ2) is 21.0. The van der Waals surface area contributed by atoms with E-state index in [4.69, 9.17) is 0 Å². The van der Waals surface area contributed by atoms with Gasteiger partial charge in [0.05, 0.1) is 11.4 Å². The van der Waals surface area contributed by atoms with Gasteiger partial charge in [0.25, 0.3) is 0 Å². The first kappa shape index (κ1) is 48.2. The number of hydrogen-bond donors (Lipinski definition) is 0. The van der Waals surface area contributed by atoms with E-state index in [-0.39, 0.29) is 0 Å². The first-order valence-corrected chi connectivity index (χ1v) is 28.2. The van der Waals surface area contributed by atoms with Crippen molar-refractivity contribution >= 4 is 111 Å². The lowest BCUT2D eigenvalue weighted by Gasteiger charge is -2.29. The molecule has 0 heterocycles. The van der Waals surface area contributed by atoms with E-state index in [1.807, 2.05) is 13.8 Å². The fraction of sp³-hybridized carbons (Fsp3) is 0.0400. The zero-order valence-corrected chi connectivity index (χ0v) is 44.8. The monoisotopic (exact) mass is 1020 g/mol. The molecule has 14 aromatic carbocycles. The normalized spacial score (nSPS) is 11.3. The van der Waals surface area contributed by atoms with E-state index < -0.39 is 0 Å². The molecule has 0 saturated heterocycles. The van der Waals surface area contributed by atoms with Gasteiger partial charge in [0.15, 0.2) is 0 Å². The highest BCUT2D eigenvalue weighted by molar-refractivity contribution is 7.98. The van der Waals surface area contributed by atoms with Gasteiger partial charge in [-0.3, -0.25) is 0 Å². The Balaban J connectivity index is 0.00000286. The van der Waals surface area contributed by atoms with Crippen LogP contribution in [0.5, 0.6) is 0 Å². The van der Waals surface area contributed by atoms with Gasteiger partial charge in [-0.2, -0.15) is 0 Å². The molecule has 0 saturated carbocycles. The summed E-state index contributed by atoms with van der Waals surface area (Å²) in [4.78, 5) is 6.11. The number of benzene rings is 14. The van der Waals surface area contributed by atoms with Crippen LogP contribution < -0.4 is 9.80 Å². The Hall–Kier alpha value is -9.41. The summed E-state index contributed by atoms with van der Waals surface area (Å²) in [5, 5.41) is 14.4. The van der Waals surface area contributed by atoms with E-state index in [1.165, 1.54) is 97.3 Å². The number of nitrogens with zero attached hydrogens (tertiary/aromatic N) is 2. The van der Waals surface area contributed by atoms with Gasteiger partial charge in [-0.1, -0.05) is 220 Å². The first-order valence-electron chi connectivity index (χ1n) is 27.0. The number of anilines is 6. The highest BCUT2D eigenvalue weighted by Gasteiger charge is 2.24. The summed E-state index contributed by atoms with van der Waals surface area (Å²) in [5.74, 6) is 0. The molecule has 0 amide bonds. The summed E-state index contributed by atoms with van der Waals surface area (Å²) in [7, 11) is 0. The predicted molar refractivity (Wildman–Crippen MR) is 340 cm³/mol. The molecule has 14 rings (SSSR count). The van der Waals surface area contributed by atoms with Gasteiger partial charge in [-0.15, -0.1) is 11.8 Å². The van der Waals surface area contributed by atoms with Gasteiger partial charge >= 0.3 is 0 Å². The third-order valence-corrected chi connectivity index (χ3v) is 16.0. The summed E-state index contributed by atoms with van der Waals surface area (Å²) in [6.45, 7) is 4.00. The Morgan fingerprint density at radius 3 is 1.26 bits per heavy atom. The summed E-state index contributed by atoms with van der Waals surface area (Å²) in [5.41, 5.74) is 13.8. The van der Waals surface area contributed by atoms with Crippen molar-refractivity contribution in [3.63, 3.8) is 0 Å². The van der Waals surface area contributed by atoms with Gasteiger partial charge in [0.2, 0.25) is 0 Å². The molecule has 0 aromatic heterocycles. The van der Waals surface area contributed by atoms with E-state index in [0.29, 0.717) is 0 Å². The Bertz CT molecular complexity index is 4490. The SMILES string of the molecule is CC.CSc1ccc(N(c2ccc3c(-c4ccc(-c5cccc6ccccc56)cc4)c4cc(N(c5ccccc5)c5cccc6ccccc56)ccc4c(-c4ccc5ccccc5c4)c3c2)c2cccc3ccccc23)cc1. The maximum atomic E-state index is 2.46. The van der Waals surface area contributed by atoms with Crippen LogP contribution in [0.4, 0.5) is 34.1 Å². The van der Waals surface area contributed by atoms with Crippen LogP contribution in [0.25, 0.3) is 98.0 Å². The van der Waals surface area contributed by atoms with Crippen LogP contribution in [0, 0.1) is 0 Å². The number of rotatable bonds is 10. The summed E-state index contributed by atoms with van der Waals surface area (Å²) in [6.07, 6.45) is 2.14. The molecule has 0 radical (unpaired) electrons. The van der Waals surface area contributed by atoms with Crippen LogP contribution in [0.2, 0.25) is 0 Å². The largest absolute Gasteiger partial charge is 0.310 e. The maximum Gasteiger partial charge on any atom is 0.0540 e. The average Bonchev–Trinajstić information content (AvgIpc) is 3.53. The quantitative estimate of drug-likeness (QED) is 0.0996. The minimum absolute atomic E-state index is 1.08. The van der Waals surface area contributed by atoms with E-state index in [2.05, 4.69) is 301 Å². The fourth-order valence-corrected chi connectivity index (χ4v) is 12.1. The standard InChI is InChI=1S/C73H50N2S.C2H6/c1-76-61-42-38-58(39-43-61)75(71-31-15-23-52-19-9-12-28-65(52)71)60-40-44-66-69(48-60)73(56-37-32-49-16-5-6-20-55(49)46-56)67-45-41-59(74(57-24-3-2-4-25-57)70-30-14-22-51-18-8-11-27-64(51)70)47-68(67)72(66)54-35-33-53(34-36-54)63-29-13-21-50-17-7-10-26-62(50)63;1-2/h2-48H,1H3;1-2H3. The second-order valence-corrected chi connectivity index (χ2v) is 20.5. The number of hydrogen-bond acceptors (Lipinski definition) is 3. The second-order valence-electron chi connectivity index (χ2n) is 19.6. The maximum absolute atomic E-state index is 2.46. The van der Waals surface area contributed by atoms with Crippen LogP contribution in [0.3, 0.4) is 0 Å². The molecular weight excluding hydrogens is 961 g/mol. The van der Waals surface area contributed by atoms with Crippen molar-refractivity contribution in [2.45, 2.75) is 18.7 Å². The number of para-hydroxylation sites is 1. The lowest BCUT2D eigenvalue weighted by Crippen LogP contribution is -2.11. The Kier molecular flexibility index (Phi) is 13.0. The average molecular weight is 1020 g/mol. The smallest absolute Gasteiger partial charge is 0.0540 e. The van der Waals surface area contributed by atoms with Gasteiger partial charge in [-0.05, 0) is 172 Å². The van der Waals surface area contributed by atoms with Gasteiger partial charge in [-0.25, -0.2) is 0 Å². The zero-order valence-electron chi connectivity index (χ0n) is 43.9.